The van der Waals surface area contributed by atoms with Crippen molar-refractivity contribution in [3.63, 3.8) is 0 Å². The second-order valence-corrected chi connectivity index (χ2v) is 7.15. The normalized spacial score (nSPS) is 11.9. The van der Waals surface area contributed by atoms with Gasteiger partial charge in [-0.3, -0.25) is 0 Å². The standard InChI is InChI=1S/C22H18ClNO3S/c23-18-6-1-15(2-7-18)13-25-19-8-4-17(5-9-19)22(28)24-12-16-3-10-20-21(11-16)27-14-26-20/h1-11H,12-14H2,(H,24,28). The molecule has 0 spiro atoms. The molecule has 142 valence electrons. The summed E-state index contributed by atoms with van der Waals surface area (Å²) in [6, 6.07) is 21.2. The van der Waals surface area contributed by atoms with Gasteiger partial charge < -0.3 is 19.5 Å². The van der Waals surface area contributed by atoms with Crippen LogP contribution in [0.5, 0.6) is 17.2 Å². The van der Waals surface area contributed by atoms with Crippen molar-refractivity contribution in [2.45, 2.75) is 13.2 Å². The number of fused-ring (bicyclic) bond motifs is 1. The molecule has 1 N–H and O–H groups in total. The van der Waals surface area contributed by atoms with Gasteiger partial charge in [-0.1, -0.05) is 42.0 Å². The molecule has 4 nitrogen and oxygen atoms in total. The van der Waals surface area contributed by atoms with Crippen LogP contribution in [-0.2, 0) is 13.2 Å². The van der Waals surface area contributed by atoms with E-state index in [-0.39, 0.29) is 6.79 Å². The Morgan fingerprint density at radius 2 is 1.64 bits per heavy atom. The van der Waals surface area contributed by atoms with Gasteiger partial charge in [-0.2, -0.15) is 0 Å². The molecule has 28 heavy (non-hydrogen) atoms. The minimum Gasteiger partial charge on any atom is -0.489 e. The van der Waals surface area contributed by atoms with Gasteiger partial charge in [0.2, 0.25) is 6.79 Å². The van der Waals surface area contributed by atoms with E-state index in [0.717, 1.165) is 39.0 Å². The Kier molecular flexibility index (Phi) is 5.65. The molecule has 0 atom stereocenters. The quantitative estimate of drug-likeness (QED) is 0.570. The number of hydrogen-bond acceptors (Lipinski definition) is 4. The first-order valence-electron chi connectivity index (χ1n) is 8.81. The van der Waals surface area contributed by atoms with Gasteiger partial charge in [-0.25, -0.2) is 0 Å². The Balaban J connectivity index is 1.30. The number of benzene rings is 3. The van der Waals surface area contributed by atoms with Crippen LogP contribution in [0.15, 0.2) is 66.7 Å². The van der Waals surface area contributed by atoms with Crippen LogP contribution in [-0.4, -0.2) is 11.8 Å². The van der Waals surface area contributed by atoms with Crippen LogP contribution in [0, 0.1) is 0 Å². The number of nitrogens with one attached hydrogen (secondary N) is 1. The molecule has 0 fully saturated rings. The fourth-order valence-electron chi connectivity index (χ4n) is 2.79. The van der Waals surface area contributed by atoms with E-state index < -0.39 is 0 Å². The van der Waals surface area contributed by atoms with Crippen molar-refractivity contribution in [1.82, 2.24) is 5.32 Å². The SMILES string of the molecule is S=C(NCc1ccc2c(c1)OCO2)c1ccc(OCc2ccc(Cl)cc2)cc1. The van der Waals surface area contributed by atoms with E-state index in [1.165, 1.54) is 0 Å². The zero-order valence-electron chi connectivity index (χ0n) is 15.0. The molecule has 0 aromatic heterocycles. The first-order chi connectivity index (χ1) is 13.7. The van der Waals surface area contributed by atoms with Gasteiger partial charge in [0.25, 0.3) is 0 Å². The van der Waals surface area contributed by atoms with Gasteiger partial charge in [-0.15, -0.1) is 0 Å². The first-order valence-corrected chi connectivity index (χ1v) is 9.60. The first kappa shape index (κ1) is 18.6. The van der Waals surface area contributed by atoms with Crippen molar-refractivity contribution in [2.24, 2.45) is 0 Å². The van der Waals surface area contributed by atoms with Gasteiger partial charge in [0.15, 0.2) is 11.5 Å². The molecular weight excluding hydrogens is 394 g/mol. The molecule has 1 aliphatic heterocycles. The summed E-state index contributed by atoms with van der Waals surface area (Å²) in [5.74, 6) is 2.34. The summed E-state index contributed by atoms with van der Waals surface area (Å²) in [4.78, 5) is 0.682. The highest BCUT2D eigenvalue weighted by atomic mass is 35.5. The van der Waals surface area contributed by atoms with E-state index in [4.69, 9.17) is 38.0 Å². The van der Waals surface area contributed by atoms with Crippen molar-refractivity contribution in [3.05, 3.63) is 88.4 Å². The van der Waals surface area contributed by atoms with Crippen LogP contribution in [0.2, 0.25) is 5.02 Å². The Bertz CT molecular complexity index is 974. The molecule has 0 amide bonds. The minimum atomic E-state index is 0.275. The van der Waals surface area contributed by atoms with Crippen LogP contribution >= 0.6 is 23.8 Å². The summed E-state index contributed by atoms with van der Waals surface area (Å²) in [6.07, 6.45) is 0. The van der Waals surface area contributed by atoms with E-state index in [0.29, 0.717) is 18.1 Å². The summed E-state index contributed by atoms with van der Waals surface area (Å²) < 4.78 is 16.5. The molecule has 1 heterocycles. The van der Waals surface area contributed by atoms with Crippen molar-refractivity contribution < 1.29 is 14.2 Å². The molecule has 0 unspecified atom stereocenters. The number of halogens is 1. The average molecular weight is 412 g/mol. The molecule has 0 bridgehead atoms. The maximum Gasteiger partial charge on any atom is 0.231 e. The van der Waals surface area contributed by atoms with Crippen molar-refractivity contribution in [3.8, 4) is 17.2 Å². The Hall–Kier alpha value is -2.76. The largest absolute Gasteiger partial charge is 0.489 e. The Labute approximate surface area is 174 Å². The lowest BCUT2D eigenvalue weighted by atomic mass is 10.2. The zero-order chi connectivity index (χ0) is 19.3. The Morgan fingerprint density at radius 1 is 0.929 bits per heavy atom. The Morgan fingerprint density at radius 3 is 2.43 bits per heavy atom. The van der Waals surface area contributed by atoms with Gasteiger partial charge in [0.05, 0.1) is 0 Å². The summed E-state index contributed by atoms with van der Waals surface area (Å²) in [6.45, 7) is 1.38. The lowest BCUT2D eigenvalue weighted by Gasteiger charge is -2.10. The van der Waals surface area contributed by atoms with Crippen LogP contribution in [0.25, 0.3) is 0 Å². The highest BCUT2D eigenvalue weighted by Crippen LogP contribution is 2.32. The average Bonchev–Trinajstić information content (AvgIpc) is 3.20. The van der Waals surface area contributed by atoms with Crippen molar-refractivity contribution in [1.29, 1.82) is 0 Å². The van der Waals surface area contributed by atoms with Gasteiger partial charge in [-0.05, 0) is 59.7 Å². The summed E-state index contributed by atoms with van der Waals surface area (Å²) in [5.41, 5.74) is 3.08. The number of ether oxygens (including phenoxy) is 3. The van der Waals surface area contributed by atoms with E-state index in [2.05, 4.69) is 5.32 Å². The fourth-order valence-corrected chi connectivity index (χ4v) is 3.12. The second-order valence-electron chi connectivity index (χ2n) is 6.31. The molecule has 3 aromatic carbocycles. The molecule has 0 saturated heterocycles. The smallest absolute Gasteiger partial charge is 0.231 e. The van der Waals surface area contributed by atoms with E-state index in [1.807, 2.05) is 66.7 Å². The van der Waals surface area contributed by atoms with E-state index in [1.54, 1.807) is 0 Å². The third-order valence-corrected chi connectivity index (χ3v) is 4.96. The summed E-state index contributed by atoms with van der Waals surface area (Å²) >= 11 is 11.4. The minimum absolute atomic E-state index is 0.275. The van der Waals surface area contributed by atoms with Crippen LogP contribution in [0.3, 0.4) is 0 Å². The highest BCUT2D eigenvalue weighted by molar-refractivity contribution is 7.80. The second kappa shape index (κ2) is 8.50. The molecule has 1 aliphatic rings. The number of thiocarbonyl (C=S) groups is 1. The van der Waals surface area contributed by atoms with Crippen LogP contribution in [0.1, 0.15) is 16.7 Å². The molecule has 4 rings (SSSR count). The fraction of sp³-hybridized carbons (Fsp3) is 0.136. The third kappa shape index (κ3) is 4.55. The maximum atomic E-state index is 5.89. The van der Waals surface area contributed by atoms with E-state index in [9.17, 15) is 0 Å². The topological polar surface area (TPSA) is 39.7 Å². The monoisotopic (exact) mass is 411 g/mol. The maximum absolute atomic E-state index is 5.89. The number of rotatable bonds is 6. The molecular formula is C22H18ClNO3S. The van der Waals surface area contributed by atoms with Gasteiger partial charge in [0.1, 0.15) is 17.3 Å². The molecule has 6 heteroatoms. The lowest BCUT2D eigenvalue weighted by molar-refractivity contribution is 0.174. The summed E-state index contributed by atoms with van der Waals surface area (Å²) in [5, 5.41) is 3.99. The highest BCUT2D eigenvalue weighted by Gasteiger charge is 2.13. The van der Waals surface area contributed by atoms with Crippen molar-refractivity contribution >= 4 is 28.8 Å². The predicted octanol–water partition coefficient (Wildman–Crippen LogP) is 5.11. The van der Waals surface area contributed by atoms with Gasteiger partial charge >= 0.3 is 0 Å². The molecule has 0 saturated carbocycles. The van der Waals surface area contributed by atoms with Gasteiger partial charge in [0, 0.05) is 17.1 Å². The molecule has 0 aliphatic carbocycles. The predicted molar refractivity (Wildman–Crippen MR) is 113 cm³/mol. The van der Waals surface area contributed by atoms with Crippen LogP contribution in [0.4, 0.5) is 0 Å². The summed E-state index contributed by atoms with van der Waals surface area (Å²) in [7, 11) is 0. The van der Waals surface area contributed by atoms with E-state index >= 15 is 0 Å². The third-order valence-electron chi connectivity index (χ3n) is 4.33. The molecule has 3 aromatic rings. The lowest BCUT2D eigenvalue weighted by Crippen LogP contribution is -2.21. The number of hydrogen-bond donors (Lipinski definition) is 1. The van der Waals surface area contributed by atoms with Crippen LogP contribution < -0.4 is 19.5 Å². The molecule has 0 radical (unpaired) electrons. The van der Waals surface area contributed by atoms with Crippen molar-refractivity contribution in [2.75, 3.05) is 6.79 Å². The zero-order valence-corrected chi connectivity index (χ0v) is 16.6.